The van der Waals surface area contributed by atoms with Crippen molar-refractivity contribution in [3.63, 3.8) is 0 Å². The third-order valence-corrected chi connectivity index (χ3v) is 8.99. The Morgan fingerprint density at radius 2 is 1.74 bits per heavy atom. The van der Waals surface area contributed by atoms with Crippen molar-refractivity contribution in [3.8, 4) is 0 Å². The van der Waals surface area contributed by atoms with Gasteiger partial charge in [-0.25, -0.2) is 4.98 Å². The normalized spacial score (nSPS) is 35.6. The predicted molar refractivity (Wildman–Crippen MR) is 122 cm³/mol. The summed E-state index contributed by atoms with van der Waals surface area (Å²) in [5, 5.41) is 3.26. The highest BCUT2D eigenvalue weighted by atomic mass is 16.1. The molecule has 1 amide bonds. The average Bonchev–Trinajstić information content (AvgIpc) is 3.45. The first-order valence-corrected chi connectivity index (χ1v) is 12.2. The van der Waals surface area contributed by atoms with E-state index in [4.69, 9.17) is 0 Å². The maximum Gasteiger partial charge on any atom is 0.223 e. The molecule has 162 valence electrons. The van der Waals surface area contributed by atoms with Gasteiger partial charge in [0.1, 0.15) is 5.82 Å². The van der Waals surface area contributed by atoms with Gasteiger partial charge in [-0.3, -0.25) is 4.79 Å². The van der Waals surface area contributed by atoms with E-state index >= 15 is 0 Å². The first-order chi connectivity index (χ1) is 15.2. The van der Waals surface area contributed by atoms with Crippen LogP contribution >= 0.6 is 0 Å². The number of hydrogen-bond acceptors (Lipinski definition) is 2. The number of fused-ring (bicyclic) bond motifs is 7. The molecular weight excluding hydrogens is 382 g/mol. The second kappa shape index (κ2) is 7.65. The Morgan fingerprint density at radius 3 is 2.61 bits per heavy atom. The number of aromatic nitrogens is 2. The van der Waals surface area contributed by atoms with Crippen LogP contribution in [0.25, 0.3) is 6.08 Å². The van der Waals surface area contributed by atoms with Gasteiger partial charge < -0.3 is 9.88 Å². The fourth-order valence-corrected chi connectivity index (χ4v) is 7.59. The van der Waals surface area contributed by atoms with E-state index in [0.29, 0.717) is 30.3 Å². The number of amides is 1. The van der Waals surface area contributed by atoms with Gasteiger partial charge in [-0.2, -0.15) is 0 Å². The molecule has 4 nitrogen and oxygen atoms in total. The van der Waals surface area contributed by atoms with Gasteiger partial charge in [0.05, 0.1) is 0 Å². The molecule has 0 spiro atoms. The quantitative estimate of drug-likeness (QED) is 0.753. The molecule has 0 saturated heterocycles. The molecule has 2 heterocycles. The van der Waals surface area contributed by atoms with E-state index in [9.17, 15) is 4.79 Å². The van der Waals surface area contributed by atoms with Gasteiger partial charge in [0.15, 0.2) is 0 Å². The van der Waals surface area contributed by atoms with Gasteiger partial charge in [-0.05, 0) is 80.8 Å². The molecule has 3 saturated carbocycles. The smallest absolute Gasteiger partial charge is 0.223 e. The first-order valence-electron chi connectivity index (χ1n) is 12.2. The van der Waals surface area contributed by atoms with Gasteiger partial charge in [0.25, 0.3) is 0 Å². The van der Waals surface area contributed by atoms with E-state index in [2.05, 4.69) is 64.4 Å². The average molecular weight is 416 g/mol. The minimum absolute atomic E-state index is 0.219. The van der Waals surface area contributed by atoms with Gasteiger partial charge >= 0.3 is 0 Å². The molecule has 0 radical (unpaired) electrons. The zero-order chi connectivity index (χ0) is 20.9. The third-order valence-electron chi connectivity index (χ3n) is 8.99. The predicted octanol–water partition coefficient (Wildman–Crippen LogP) is 5.15. The highest BCUT2D eigenvalue weighted by molar-refractivity contribution is 5.79. The number of carbonyl (C=O) groups is 1. The Balaban J connectivity index is 1.13. The van der Waals surface area contributed by atoms with Crippen molar-refractivity contribution in [1.29, 1.82) is 0 Å². The van der Waals surface area contributed by atoms with Crippen molar-refractivity contribution < 1.29 is 4.79 Å². The molecular formula is C27H33N3O. The number of nitrogens with one attached hydrogen (secondary N) is 1. The number of rotatable bonds is 3. The van der Waals surface area contributed by atoms with Crippen LogP contribution < -0.4 is 5.32 Å². The van der Waals surface area contributed by atoms with E-state index in [-0.39, 0.29) is 5.92 Å². The van der Waals surface area contributed by atoms with Crippen molar-refractivity contribution in [2.75, 3.05) is 0 Å². The molecule has 31 heavy (non-hydrogen) atoms. The number of carbonyl (C=O) groups excluding carboxylic acids is 1. The minimum Gasteiger partial charge on any atom is -0.352 e. The Labute approximate surface area is 185 Å². The fraction of sp³-hybridized carbons (Fsp3) is 0.556. The summed E-state index contributed by atoms with van der Waals surface area (Å²) >= 11 is 0. The molecule has 1 N–H and O–H groups in total. The number of benzene rings is 1. The topological polar surface area (TPSA) is 46.9 Å². The summed E-state index contributed by atoms with van der Waals surface area (Å²) < 4.78 is 2.42. The van der Waals surface area contributed by atoms with Crippen molar-refractivity contribution in [2.24, 2.45) is 35.5 Å². The largest absolute Gasteiger partial charge is 0.352 e. The summed E-state index contributed by atoms with van der Waals surface area (Å²) in [6.07, 6.45) is 16.2. The van der Waals surface area contributed by atoms with E-state index in [1.54, 1.807) is 0 Å². The number of imidazole rings is 1. The zero-order valence-electron chi connectivity index (χ0n) is 18.4. The molecule has 1 unspecified atom stereocenters. The third kappa shape index (κ3) is 3.26. The van der Waals surface area contributed by atoms with Crippen LogP contribution in [0.3, 0.4) is 0 Å². The Kier molecular flexibility index (Phi) is 4.77. The SMILES string of the molecule is Cc1ccc(CNC(=O)[C@@H]2CC[C@H]3[C@@H]4CCC5[C@H](C=Cc6nccn65)[C@H]4CC[C@@H]32)cc1. The highest BCUT2D eigenvalue weighted by Gasteiger charge is 2.52. The van der Waals surface area contributed by atoms with Crippen LogP contribution in [0.4, 0.5) is 0 Å². The number of aryl methyl sites for hydroxylation is 1. The molecule has 1 aromatic heterocycles. The first kappa shape index (κ1) is 19.3. The second-order valence-corrected chi connectivity index (χ2v) is 10.4. The molecule has 4 aliphatic rings. The molecule has 3 aliphatic carbocycles. The van der Waals surface area contributed by atoms with Crippen molar-refractivity contribution in [3.05, 3.63) is 59.7 Å². The molecule has 7 atom stereocenters. The molecule has 1 aromatic carbocycles. The minimum atomic E-state index is 0.219. The number of nitrogens with zero attached hydrogens (tertiary/aromatic N) is 2. The summed E-state index contributed by atoms with van der Waals surface area (Å²) in [4.78, 5) is 17.6. The van der Waals surface area contributed by atoms with E-state index in [1.165, 1.54) is 43.2 Å². The highest BCUT2D eigenvalue weighted by Crippen LogP contribution is 2.58. The maximum absolute atomic E-state index is 13.1. The summed E-state index contributed by atoms with van der Waals surface area (Å²) in [5.41, 5.74) is 2.45. The van der Waals surface area contributed by atoms with Crippen molar-refractivity contribution in [2.45, 2.75) is 58.0 Å². The fourth-order valence-electron chi connectivity index (χ4n) is 7.59. The Hall–Kier alpha value is -2.36. The second-order valence-electron chi connectivity index (χ2n) is 10.4. The Morgan fingerprint density at radius 1 is 1.00 bits per heavy atom. The maximum atomic E-state index is 13.1. The van der Waals surface area contributed by atoms with Crippen LogP contribution in [0.15, 0.2) is 42.7 Å². The van der Waals surface area contributed by atoms with Crippen LogP contribution in [-0.2, 0) is 11.3 Å². The van der Waals surface area contributed by atoms with Gasteiger partial charge in [-0.1, -0.05) is 35.9 Å². The molecule has 1 aliphatic heterocycles. The van der Waals surface area contributed by atoms with Gasteiger partial charge in [0.2, 0.25) is 5.91 Å². The van der Waals surface area contributed by atoms with Crippen molar-refractivity contribution >= 4 is 12.0 Å². The van der Waals surface area contributed by atoms with E-state index in [1.807, 2.05) is 6.20 Å². The lowest BCUT2D eigenvalue weighted by atomic mass is 9.56. The van der Waals surface area contributed by atoms with E-state index in [0.717, 1.165) is 30.0 Å². The number of allylic oxidation sites excluding steroid dienone is 1. The molecule has 6 rings (SSSR count). The van der Waals surface area contributed by atoms with Crippen molar-refractivity contribution in [1.82, 2.24) is 14.9 Å². The molecule has 4 heteroatoms. The summed E-state index contributed by atoms with van der Waals surface area (Å²) in [5.74, 6) is 5.19. The van der Waals surface area contributed by atoms with Crippen LogP contribution in [-0.4, -0.2) is 15.5 Å². The summed E-state index contributed by atoms with van der Waals surface area (Å²) in [7, 11) is 0. The lowest BCUT2D eigenvalue weighted by Crippen LogP contribution is -2.45. The summed E-state index contributed by atoms with van der Waals surface area (Å²) in [6, 6.07) is 9.09. The lowest BCUT2D eigenvalue weighted by Gasteiger charge is -2.51. The monoisotopic (exact) mass is 415 g/mol. The summed E-state index contributed by atoms with van der Waals surface area (Å²) in [6.45, 7) is 2.75. The Bertz CT molecular complexity index is 990. The molecule has 3 fully saturated rings. The standard InChI is InChI=1S/C27H33N3O/c1-17-2-4-18(5-3-17)16-29-27(31)24-9-8-19-20-10-12-25-23(21(20)6-7-22(19)24)11-13-26-28-14-15-30(25)26/h2-5,11,13-15,19-25H,6-10,12,16H2,1H3,(H,29,31)/t19-,20-,21-,22-,23+,24+,25?/m0/s1. The van der Waals surface area contributed by atoms with E-state index < -0.39 is 0 Å². The molecule has 2 aromatic rings. The van der Waals surface area contributed by atoms with Gasteiger partial charge in [0, 0.05) is 36.8 Å². The zero-order valence-corrected chi connectivity index (χ0v) is 18.4. The van der Waals surface area contributed by atoms with Crippen LogP contribution in [0.1, 0.15) is 61.5 Å². The lowest BCUT2D eigenvalue weighted by molar-refractivity contribution is -0.127. The molecule has 0 bridgehead atoms. The number of hydrogen-bond donors (Lipinski definition) is 1. The van der Waals surface area contributed by atoms with Crippen LogP contribution in [0.2, 0.25) is 0 Å². The van der Waals surface area contributed by atoms with Crippen LogP contribution in [0, 0.1) is 42.4 Å². The van der Waals surface area contributed by atoms with Crippen LogP contribution in [0.5, 0.6) is 0 Å². The van der Waals surface area contributed by atoms with Gasteiger partial charge in [-0.15, -0.1) is 0 Å².